The van der Waals surface area contributed by atoms with Gasteiger partial charge < -0.3 is 24.6 Å². The molecule has 33 heavy (non-hydrogen) atoms. The van der Waals surface area contributed by atoms with Crippen LogP contribution in [0.25, 0.3) is 11.4 Å². The van der Waals surface area contributed by atoms with E-state index in [2.05, 4.69) is 32.2 Å². The molecule has 9 nitrogen and oxygen atoms in total. The first kappa shape index (κ1) is 22.5. The quantitative estimate of drug-likeness (QED) is 0.526. The summed E-state index contributed by atoms with van der Waals surface area (Å²) in [7, 11) is 3.58. The number of aromatic nitrogens is 3. The number of hydrogen-bond acceptors (Lipinski definition) is 8. The van der Waals surface area contributed by atoms with Crippen molar-refractivity contribution in [2.75, 3.05) is 58.8 Å². The zero-order valence-electron chi connectivity index (χ0n) is 18.9. The first-order valence-corrected chi connectivity index (χ1v) is 10.9. The van der Waals surface area contributed by atoms with Gasteiger partial charge in [-0.15, -0.1) is 0 Å². The van der Waals surface area contributed by atoms with Gasteiger partial charge in [-0.25, -0.2) is 0 Å². The lowest BCUT2D eigenvalue weighted by atomic mass is 10.1. The summed E-state index contributed by atoms with van der Waals surface area (Å²) in [5, 5.41) is 3.14. The lowest BCUT2D eigenvalue weighted by molar-refractivity contribution is 0.0664. The van der Waals surface area contributed by atoms with Crippen molar-refractivity contribution in [3.63, 3.8) is 0 Å². The number of amides is 1. The van der Waals surface area contributed by atoms with E-state index < -0.39 is 0 Å². The van der Waals surface area contributed by atoms with Crippen LogP contribution in [-0.2, 0) is 0 Å². The van der Waals surface area contributed by atoms with Gasteiger partial charge in [-0.3, -0.25) is 4.79 Å². The predicted octanol–water partition coefficient (Wildman–Crippen LogP) is 2.43. The summed E-state index contributed by atoms with van der Waals surface area (Å²) < 4.78 is 10.9. The van der Waals surface area contributed by atoms with Gasteiger partial charge in [0.25, 0.3) is 5.91 Å². The van der Waals surface area contributed by atoms with Gasteiger partial charge in [0.05, 0.1) is 13.7 Å². The molecular weight excluding hydrogens is 420 g/mol. The van der Waals surface area contributed by atoms with Crippen LogP contribution in [0.5, 0.6) is 11.8 Å². The topological polar surface area (TPSA) is 92.7 Å². The normalized spacial score (nSPS) is 14.1. The zero-order chi connectivity index (χ0) is 23.0. The molecule has 1 aromatic heterocycles. The van der Waals surface area contributed by atoms with Crippen LogP contribution in [0, 0.1) is 0 Å². The fourth-order valence-corrected chi connectivity index (χ4v) is 3.46. The van der Waals surface area contributed by atoms with E-state index >= 15 is 0 Å². The second kappa shape index (κ2) is 10.7. The smallest absolute Gasteiger partial charge is 0.321 e. The van der Waals surface area contributed by atoms with Crippen LogP contribution in [0.15, 0.2) is 54.6 Å². The highest BCUT2D eigenvalue weighted by molar-refractivity contribution is 5.94. The first-order valence-electron chi connectivity index (χ1n) is 10.9. The van der Waals surface area contributed by atoms with Crippen molar-refractivity contribution >= 4 is 11.9 Å². The molecular formula is C24H28N6O3. The molecule has 172 valence electrons. The summed E-state index contributed by atoms with van der Waals surface area (Å²) in [6.07, 6.45) is 0. The van der Waals surface area contributed by atoms with E-state index in [1.807, 2.05) is 59.5 Å². The van der Waals surface area contributed by atoms with Gasteiger partial charge in [0.2, 0.25) is 5.95 Å². The van der Waals surface area contributed by atoms with Gasteiger partial charge in [0.15, 0.2) is 5.82 Å². The molecule has 1 aliphatic rings. The Hall–Kier alpha value is -3.72. The number of carbonyl (C=O) groups excluding carboxylic acids is 1. The van der Waals surface area contributed by atoms with Crippen LogP contribution < -0.4 is 14.8 Å². The van der Waals surface area contributed by atoms with Gasteiger partial charge in [-0.1, -0.05) is 30.3 Å². The monoisotopic (exact) mass is 448 g/mol. The van der Waals surface area contributed by atoms with E-state index in [1.54, 1.807) is 0 Å². The maximum atomic E-state index is 12.8. The third-order valence-corrected chi connectivity index (χ3v) is 5.38. The fraction of sp³-hybridized carbons (Fsp3) is 0.333. The van der Waals surface area contributed by atoms with Crippen molar-refractivity contribution in [2.24, 2.45) is 0 Å². The Morgan fingerprint density at radius 2 is 1.70 bits per heavy atom. The molecule has 2 heterocycles. The number of ether oxygens (including phenoxy) is 2. The van der Waals surface area contributed by atoms with Crippen LogP contribution in [0.1, 0.15) is 10.4 Å². The molecule has 0 radical (unpaired) electrons. The molecule has 4 rings (SSSR count). The molecule has 0 aliphatic carbocycles. The number of nitrogens with one attached hydrogen (secondary N) is 1. The molecule has 3 aromatic rings. The van der Waals surface area contributed by atoms with Gasteiger partial charge in [-0.2, -0.15) is 15.0 Å². The average Bonchev–Trinajstić information content (AvgIpc) is 2.87. The van der Waals surface area contributed by atoms with E-state index in [0.29, 0.717) is 30.5 Å². The zero-order valence-corrected chi connectivity index (χ0v) is 18.9. The Bertz CT molecular complexity index is 1050. The highest BCUT2D eigenvalue weighted by Crippen LogP contribution is 2.20. The summed E-state index contributed by atoms with van der Waals surface area (Å²) in [5.74, 6) is 1.71. The Morgan fingerprint density at radius 1 is 0.970 bits per heavy atom. The molecule has 1 aliphatic heterocycles. The number of rotatable bonds is 8. The standard InChI is InChI=1S/C24H28N6O3/c1-29-13-15-30(16-14-29)22(31)19-10-8-18(9-11-19)21-26-23(28-24(27-21)32-2)25-12-17-33-20-6-4-3-5-7-20/h3-11H,12-17H2,1-2H3,(H,25,26,27,28). The molecule has 0 unspecified atom stereocenters. The summed E-state index contributed by atoms with van der Waals surface area (Å²) >= 11 is 0. The minimum atomic E-state index is 0.0450. The van der Waals surface area contributed by atoms with Crippen LogP contribution in [0.4, 0.5) is 5.95 Å². The molecule has 2 aromatic carbocycles. The van der Waals surface area contributed by atoms with Crippen molar-refractivity contribution < 1.29 is 14.3 Å². The van der Waals surface area contributed by atoms with Crippen molar-refractivity contribution in [3.8, 4) is 23.1 Å². The van der Waals surface area contributed by atoms with Crippen molar-refractivity contribution in [1.29, 1.82) is 0 Å². The number of anilines is 1. The lowest BCUT2D eigenvalue weighted by Crippen LogP contribution is -2.47. The molecule has 1 fully saturated rings. The highest BCUT2D eigenvalue weighted by Gasteiger charge is 2.20. The second-order valence-electron chi connectivity index (χ2n) is 7.73. The van der Waals surface area contributed by atoms with Gasteiger partial charge in [0.1, 0.15) is 12.4 Å². The molecule has 1 saturated heterocycles. The van der Waals surface area contributed by atoms with Crippen molar-refractivity contribution in [3.05, 3.63) is 60.2 Å². The Balaban J connectivity index is 1.40. The molecule has 0 atom stereocenters. The largest absolute Gasteiger partial charge is 0.492 e. The number of benzene rings is 2. The lowest BCUT2D eigenvalue weighted by Gasteiger charge is -2.32. The number of methoxy groups -OCH3 is 1. The molecule has 9 heteroatoms. The van der Waals surface area contributed by atoms with Crippen LogP contribution in [0.2, 0.25) is 0 Å². The number of hydrogen-bond donors (Lipinski definition) is 1. The number of carbonyl (C=O) groups is 1. The van der Waals surface area contributed by atoms with Crippen molar-refractivity contribution in [2.45, 2.75) is 0 Å². The Kier molecular flexibility index (Phi) is 7.31. The third-order valence-electron chi connectivity index (χ3n) is 5.38. The highest BCUT2D eigenvalue weighted by atomic mass is 16.5. The van der Waals surface area contributed by atoms with Crippen LogP contribution in [0.3, 0.4) is 0 Å². The van der Waals surface area contributed by atoms with Crippen LogP contribution >= 0.6 is 0 Å². The van der Waals surface area contributed by atoms with Gasteiger partial charge in [0, 0.05) is 37.3 Å². The molecule has 0 bridgehead atoms. The Morgan fingerprint density at radius 3 is 2.39 bits per heavy atom. The molecule has 0 saturated carbocycles. The average molecular weight is 449 g/mol. The SMILES string of the molecule is COc1nc(NCCOc2ccccc2)nc(-c2ccc(C(=O)N3CCN(C)CC3)cc2)n1. The molecule has 0 spiro atoms. The second-order valence-corrected chi connectivity index (χ2v) is 7.73. The molecule has 1 N–H and O–H groups in total. The number of para-hydroxylation sites is 1. The van der Waals surface area contributed by atoms with Crippen molar-refractivity contribution in [1.82, 2.24) is 24.8 Å². The van der Waals surface area contributed by atoms with E-state index in [-0.39, 0.29) is 11.9 Å². The summed E-state index contributed by atoms with van der Waals surface area (Å²) in [6.45, 7) is 4.23. The summed E-state index contributed by atoms with van der Waals surface area (Å²) in [6, 6.07) is 17.1. The number of nitrogens with zero attached hydrogens (tertiary/aromatic N) is 5. The first-order chi connectivity index (χ1) is 16.1. The molecule has 1 amide bonds. The van der Waals surface area contributed by atoms with Gasteiger partial charge in [-0.05, 0) is 31.3 Å². The minimum absolute atomic E-state index is 0.0450. The number of piperazine rings is 1. The number of likely N-dealkylation sites (N-methyl/N-ethyl adjacent to an activating group) is 1. The predicted molar refractivity (Wildman–Crippen MR) is 126 cm³/mol. The fourth-order valence-electron chi connectivity index (χ4n) is 3.46. The summed E-state index contributed by atoms with van der Waals surface area (Å²) in [5.41, 5.74) is 1.43. The maximum absolute atomic E-state index is 12.8. The summed E-state index contributed by atoms with van der Waals surface area (Å²) in [4.78, 5) is 30.0. The van der Waals surface area contributed by atoms with Crippen LogP contribution in [-0.4, -0.2) is 84.1 Å². The Labute approximate surface area is 193 Å². The van der Waals surface area contributed by atoms with E-state index in [1.165, 1.54) is 7.11 Å². The van der Waals surface area contributed by atoms with E-state index in [9.17, 15) is 4.79 Å². The van der Waals surface area contributed by atoms with Gasteiger partial charge >= 0.3 is 6.01 Å². The third kappa shape index (κ3) is 5.95. The van der Waals surface area contributed by atoms with E-state index in [0.717, 1.165) is 37.5 Å². The minimum Gasteiger partial charge on any atom is -0.492 e. The maximum Gasteiger partial charge on any atom is 0.321 e. The van der Waals surface area contributed by atoms with E-state index in [4.69, 9.17) is 9.47 Å².